The molecular formula is C22H25FN4O2S. The Morgan fingerprint density at radius 1 is 1.10 bits per heavy atom. The Balaban J connectivity index is 1.89. The lowest BCUT2D eigenvalue weighted by molar-refractivity contribution is -0.137. The summed E-state index contributed by atoms with van der Waals surface area (Å²) in [6.07, 6.45) is 0. The number of carbonyl (C=O) groups is 1. The third kappa shape index (κ3) is 4.87. The van der Waals surface area contributed by atoms with Crippen LogP contribution in [0.5, 0.6) is 0 Å². The number of ether oxygens (including phenoxy) is 1. The van der Waals surface area contributed by atoms with E-state index in [4.69, 9.17) is 9.73 Å². The molecule has 1 aromatic carbocycles. The van der Waals surface area contributed by atoms with Gasteiger partial charge in [0, 0.05) is 17.0 Å². The summed E-state index contributed by atoms with van der Waals surface area (Å²) in [7, 11) is 0. The fourth-order valence-electron chi connectivity index (χ4n) is 3.06. The zero-order chi connectivity index (χ0) is 21.8. The van der Waals surface area contributed by atoms with Crippen LogP contribution in [0.1, 0.15) is 42.2 Å². The molecule has 0 amide bonds. The van der Waals surface area contributed by atoms with Crippen LogP contribution in [0.25, 0.3) is 0 Å². The predicted octanol–water partition coefficient (Wildman–Crippen LogP) is 3.99. The van der Waals surface area contributed by atoms with Gasteiger partial charge in [-0.2, -0.15) is 0 Å². The molecule has 0 fully saturated rings. The number of allylic oxidation sites excluding steroid dienone is 1. The first-order chi connectivity index (χ1) is 14.3. The van der Waals surface area contributed by atoms with E-state index >= 15 is 0 Å². The summed E-state index contributed by atoms with van der Waals surface area (Å²) in [6.45, 7) is 9.66. The number of aryl methyl sites for hydroxylation is 3. The maximum atomic E-state index is 13.4. The van der Waals surface area contributed by atoms with Crippen molar-refractivity contribution in [3.63, 3.8) is 0 Å². The van der Waals surface area contributed by atoms with Crippen LogP contribution in [0.4, 0.5) is 4.39 Å². The molecule has 0 spiro atoms. The molecule has 2 aromatic rings. The van der Waals surface area contributed by atoms with Gasteiger partial charge in [-0.15, -0.1) is 11.8 Å². The van der Waals surface area contributed by atoms with E-state index in [1.54, 1.807) is 30.8 Å². The highest BCUT2D eigenvalue weighted by Crippen LogP contribution is 2.26. The van der Waals surface area contributed by atoms with Gasteiger partial charge in [0.25, 0.3) is 0 Å². The number of rotatable bonds is 6. The Hall–Kier alpha value is -2.74. The number of thioether (sulfide) groups is 1. The molecule has 1 aliphatic rings. The average molecular weight is 429 g/mol. The monoisotopic (exact) mass is 428 g/mol. The van der Waals surface area contributed by atoms with E-state index in [-0.39, 0.29) is 17.9 Å². The highest BCUT2D eigenvalue weighted by Gasteiger charge is 2.28. The quantitative estimate of drug-likeness (QED) is 0.701. The van der Waals surface area contributed by atoms with Crippen molar-refractivity contribution in [3.8, 4) is 0 Å². The van der Waals surface area contributed by atoms with Crippen molar-refractivity contribution in [3.05, 3.63) is 69.7 Å². The summed E-state index contributed by atoms with van der Waals surface area (Å²) < 4.78 is 18.6. The van der Waals surface area contributed by atoms with Crippen LogP contribution in [0.15, 0.2) is 40.5 Å². The maximum absolute atomic E-state index is 13.4. The molecule has 1 aromatic heterocycles. The van der Waals surface area contributed by atoms with Gasteiger partial charge in [-0.1, -0.05) is 0 Å². The molecule has 1 aliphatic heterocycles. The Morgan fingerprint density at radius 2 is 1.77 bits per heavy atom. The smallest absolute Gasteiger partial charge is 0.342 e. The average Bonchev–Trinajstić information content (AvgIpc) is 2.70. The zero-order valence-corrected chi connectivity index (χ0v) is 18.6. The third-order valence-corrected chi connectivity index (χ3v) is 5.73. The van der Waals surface area contributed by atoms with E-state index in [2.05, 4.69) is 15.3 Å². The number of aromatic nitrogens is 2. The molecule has 1 unspecified atom stereocenters. The summed E-state index contributed by atoms with van der Waals surface area (Å²) in [5.41, 5.74) is 5.48. The molecule has 0 radical (unpaired) electrons. The van der Waals surface area contributed by atoms with Crippen LogP contribution in [0.2, 0.25) is 0 Å². The third-order valence-electron chi connectivity index (χ3n) is 4.75. The lowest BCUT2D eigenvalue weighted by Gasteiger charge is -2.26. The molecule has 3 rings (SSSR count). The van der Waals surface area contributed by atoms with E-state index in [0.29, 0.717) is 28.3 Å². The van der Waals surface area contributed by atoms with Crippen molar-refractivity contribution >= 4 is 23.4 Å². The van der Waals surface area contributed by atoms with Crippen molar-refractivity contribution in [1.29, 1.82) is 0 Å². The topological polar surface area (TPSA) is 76.5 Å². The first-order valence-corrected chi connectivity index (χ1v) is 10.8. The molecule has 0 saturated carbocycles. The van der Waals surface area contributed by atoms with E-state index < -0.39 is 5.97 Å². The lowest BCUT2D eigenvalue weighted by Crippen LogP contribution is -2.34. The van der Waals surface area contributed by atoms with Crippen LogP contribution in [0.3, 0.4) is 0 Å². The standard InChI is InChI=1S/C22H25FN4O2S/c1-6-29-21(28)19-15(5)26-22(27-20(19)16-7-9-17(23)10-8-16)30-11-18-14(4)24-12(2)13(3)25-18/h7-10,22,26H,6,11H2,1-5H3. The number of nitrogens with zero attached hydrogens (tertiary/aromatic N) is 3. The predicted molar refractivity (Wildman–Crippen MR) is 117 cm³/mol. The number of hydrogen-bond donors (Lipinski definition) is 1. The first kappa shape index (κ1) is 22.0. The minimum atomic E-state index is -0.454. The van der Waals surface area contributed by atoms with Crippen molar-refractivity contribution in [2.24, 2.45) is 4.99 Å². The molecule has 2 heterocycles. The summed E-state index contributed by atoms with van der Waals surface area (Å²) in [5.74, 6) is -0.189. The molecule has 0 aliphatic carbocycles. The molecule has 6 nitrogen and oxygen atoms in total. The van der Waals surface area contributed by atoms with Gasteiger partial charge in [-0.3, -0.25) is 9.97 Å². The van der Waals surface area contributed by atoms with Gasteiger partial charge in [0.05, 0.1) is 35.1 Å². The molecule has 30 heavy (non-hydrogen) atoms. The van der Waals surface area contributed by atoms with Crippen LogP contribution in [-0.2, 0) is 15.3 Å². The molecule has 1 N–H and O–H groups in total. The molecule has 1 atom stereocenters. The minimum Gasteiger partial charge on any atom is -0.462 e. The number of aliphatic imine (C=N–C) groups is 1. The van der Waals surface area contributed by atoms with Crippen molar-refractivity contribution in [1.82, 2.24) is 15.3 Å². The summed E-state index contributed by atoms with van der Waals surface area (Å²) in [4.78, 5) is 26.5. The van der Waals surface area contributed by atoms with Gasteiger partial charge in [0.2, 0.25) is 0 Å². The van der Waals surface area contributed by atoms with E-state index in [0.717, 1.165) is 22.8 Å². The number of hydrogen-bond acceptors (Lipinski definition) is 7. The lowest BCUT2D eigenvalue weighted by atomic mass is 9.99. The normalized spacial score (nSPS) is 16.2. The van der Waals surface area contributed by atoms with Gasteiger partial charge in [-0.25, -0.2) is 14.2 Å². The number of nitrogens with one attached hydrogen (secondary N) is 1. The Labute approximate surface area is 180 Å². The number of esters is 1. The minimum absolute atomic E-state index is 0.259. The second-order valence-corrected chi connectivity index (χ2v) is 8.01. The van der Waals surface area contributed by atoms with Crippen LogP contribution in [-0.4, -0.2) is 33.8 Å². The zero-order valence-electron chi connectivity index (χ0n) is 17.7. The number of carbonyl (C=O) groups excluding carboxylic acids is 1. The van der Waals surface area contributed by atoms with Crippen molar-refractivity contribution < 1.29 is 13.9 Å². The molecule has 8 heteroatoms. The van der Waals surface area contributed by atoms with E-state index in [1.165, 1.54) is 12.1 Å². The summed E-state index contributed by atoms with van der Waals surface area (Å²) in [6, 6.07) is 5.95. The number of benzene rings is 1. The first-order valence-electron chi connectivity index (χ1n) is 9.71. The number of halogens is 1. The van der Waals surface area contributed by atoms with E-state index in [1.807, 2.05) is 27.7 Å². The Morgan fingerprint density at radius 3 is 2.43 bits per heavy atom. The Kier molecular flexibility index (Phi) is 6.87. The summed E-state index contributed by atoms with van der Waals surface area (Å²) in [5, 5.41) is 3.26. The fourth-order valence-corrected chi connectivity index (χ4v) is 4.09. The Bertz CT molecular complexity index is 1020. The van der Waals surface area contributed by atoms with Gasteiger partial charge in [0.15, 0.2) is 5.50 Å². The SMILES string of the molecule is CCOC(=O)C1=C(C)NC(SCc2nc(C)c(C)nc2C)N=C1c1ccc(F)cc1. The van der Waals surface area contributed by atoms with Crippen LogP contribution >= 0.6 is 11.8 Å². The highest BCUT2D eigenvalue weighted by molar-refractivity contribution is 7.99. The van der Waals surface area contributed by atoms with E-state index in [9.17, 15) is 9.18 Å². The molecule has 0 bridgehead atoms. The highest BCUT2D eigenvalue weighted by atomic mass is 32.2. The van der Waals surface area contributed by atoms with Crippen LogP contribution < -0.4 is 5.32 Å². The van der Waals surface area contributed by atoms with Gasteiger partial charge in [0.1, 0.15) is 11.4 Å². The van der Waals surface area contributed by atoms with Crippen molar-refractivity contribution in [2.75, 3.05) is 6.61 Å². The van der Waals surface area contributed by atoms with Crippen molar-refractivity contribution in [2.45, 2.75) is 45.9 Å². The van der Waals surface area contributed by atoms with Crippen LogP contribution in [0, 0.1) is 26.6 Å². The molecular weight excluding hydrogens is 403 g/mol. The van der Waals surface area contributed by atoms with Gasteiger partial charge >= 0.3 is 5.97 Å². The second-order valence-electron chi connectivity index (χ2n) is 6.94. The second kappa shape index (κ2) is 9.38. The molecule has 0 saturated heterocycles. The summed E-state index contributed by atoms with van der Waals surface area (Å²) >= 11 is 1.55. The maximum Gasteiger partial charge on any atom is 0.342 e. The fraction of sp³-hybridized carbons (Fsp3) is 0.364. The van der Waals surface area contributed by atoms with Gasteiger partial charge < -0.3 is 10.1 Å². The largest absolute Gasteiger partial charge is 0.462 e. The van der Waals surface area contributed by atoms with Gasteiger partial charge in [-0.05, 0) is 58.9 Å². The molecule has 158 valence electrons.